The minimum absolute atomic E-state index is 0.574. The van der Waals surface area contributed by atoms with Gasteiger partial charge in [-0.05, 0) is 68.4 Å². The number of rotatable bonds is 1. The van der Waals surface area contributed by atoms with Crippen LogP contribution in [-0.2, 0) is 18.5 Å². The van der Waals surface area contributed by atoms with E-state index in [-0.39, 0.29) is 0 Å². The van der Waals surface area contributed by atoms with Gasteiger partial charge in [-0.1, -0.05) is 0 Å². The summed E-state index contributed by atoms with van der Waals surface area (Å²) in [6, 6.07) is 4.87. The van der Waals surface area contributed by atoms with Gasteiger partial charge in [0.05, 0.1) is 0 Å². The molecule has 0 amide bonds. The zero-order valence-electron chi connectivity index (χ0n) is 11.7. The van der Waals surface area contributed by atoms with E-state index in [0.29, 0.717) is 5.41 Å². The van der Waals surface area contributed by atoms with Crippen molar-refractivity contribution in [3.05, 3.63) is 23.5 Å². The summed E-state index contributed by atoms with van der Waals surface area (Å²) in [5.41, 5.74) is 3.81. The van der Waals surface area contributed by atoms with Crippen molar-refractivity contribution in [1.82, 2.24) is 9.88 Å². The summed E-state index contributed by atoms with van der Waals surface area (Å²) in [5, 5.41) is 3.51. The Hall–Kier alpha value is -0.760. The average molecular weight is 256 g/mol. The molecule has 1 N–H and O–H groups in total. The lowest BCUT2D eigenvalue weighted by atomic mass is 9.49. The Balaban J connectivity index is 1.60. The fourth-order valence-corrected chi connectivity index (χ4v) is 6.22. The molecule has 102 valence electrons. The van der Waals surface area contributed by atoms with E-state index in [1.54, 1.807) is 25.0 Å². The minimum Gasteiger partial charge on any atom is -0.346 e. The second-order valence-corrected chi connectivity index (χ2v) is 7.74. The molecular weight excluding hydrogens is 232 g/mol. The average Bonchev–Trinajstić information content (AvgIpc) is 2.81. The normalized spacial score (nSPS) is 43.5. The summed E-state index contributed by atoms with van der Waals surface area (Å²) in [5.74, 6) is 3.16. The maximum atomic E-state index is 3.51. The molecule has 2 nitrogen and oxygen atoms in total. The van der Waals surface area contributed by atoms with E-state index in [0.717, 1.165) is 30.8 Å². The molecule has 0 saturated heterocycles. The van der Waals surface area contributed by atoms with Crippen LogP contribution in [0.25, 0.3) is 0 Å². The van der Waals surface area contributed by atoms with Crippen LogP contribution in [0.4, 0.5) is 0 Å². The second kappa shape index (κ2) is 3.66. The van der Waals surface area contributed by atoms with E-state index in [9.17, 15) is 0 Å². The fraction of sp³-hybridized carbons (Fsp3) is 0.765. The largest absolute Gasteiger partial charge is 0.346 e. The van der Waals surface area contributed by atoms with Crippen LogP contribution >= 0.6 is 0 Å². The lowest BCUT2D eigenvalue weighted by Crippen LogP contribution is -2.49. The fourth-order valence-electron chi connectivity index (χ4n) is 6.22. The zero-order chi connectivity index (χ0) is 12.4. The van der Waals surface area contributed by atoms with Crippen molar-refractivity contribution in [2.45, 2.75) is 57.0 Å². The van der Waals surface area contributed by atoms with Gasteiger partial charge >= 0.3 is 0 Å². The van der Waals surface area contributed by atoms with Crippen molar-refractivity contribution in [2.75, 3.05) is 6.54 Å². The molecule has 4 fully saturated rings. The predicted molar refractivity (Wildman–Crippen MR) is 76.0 cm³/mol. The Kier molecular flexibility index (Phi) is 2.11. The Labute approximate surface area is 115 Å². The first-order valence-electron chi connectivity index (χ1n) is 8.22. The van der Waals surface area contributed by atoms with Crippen LogP contribution < -0.4 is 5.32 Å². The van der Waals surface area contributed by atoms with Crippen molar-refractivity contribution in [2.24, 2.45) is 17.8 Å². The summed E-state index contributed by atoms with van der Waals surface area (Å²) in [7, 11) is 0. The van der Waals surface area contributed by atoms with Gasteiger partial charge in [-0.2, -0.15) is 0 Å². The SMILES string of the molecule is c1cc(C23CC4CC(CC(C4)C2)C3)n2c1CNCC2. The highest BCUT2D eigenvalue weighted by atomic mass is 15.1. The quantitative estimate of drug-likeness (QED) is 0.817. The van der Waals surface area contributed by atoms with Gasteiger partial charge in [-0.3, -0.25) is 0 Å². The summed E-state index contributed by atoms with van der Waals surface area (Å²) < 4.78 is 2.67. The summed E-state index contributed by atoms with van der Waals surface area (Å²) >= 11 is 0. The maximum absolute atomic E-state index is 3.51. The molecule has 1 aliphatic heterocycles. The molecule has 4 saturated carbocycles. The van der Waals surface area contributed by atoms with Gasteiger partial charge in [-0.15, -0.1) is 0 Å². The lowest BCUT2D eigenvalue weighted by Gasteiger charge is -2.57. The van der Waals surface area contributed by atoms with E-state index >= 15 is 0 Å². The number of hydrogen-bond acceptors (Lipinski definition) is 1. The van der Waals surface area contributed by atoms with Gasteiger partial charge < -0.3 is 9.88 Å². The number of nitrogens with one attached hydrogen (secondary N) is 1. The van der Waals surface area contributed by atoms with Crippen molar-refractivity contribution in [3.8, 4) is 0 Å². The van der Waals surface area contributed by atoms with Gasteiger partial charge in [0, 0.05) is 36.4 Å². The smallest absolute Gasteiger partial charge is 0.0360 e. The number of nitrogens with zero attached hydrogens (tertiary/aromatic N) is 1. The molecule has 0 aromatic carbocycles. The zero-order valence-corrected chi connectivity index (χ0v) is 11.7. The highest BCUT2D eigenvalue weighted by molar-refractivity contribution is 5.29. The molecule has 1 aromatic heterocycles. The van der Waals surface area contributed by atoms with Gasteiger partial charge in [0.1, 0.15) is 0 Å². The van der Waals surface area contributed by atoms with Crippen LogP contribution in [0.1, 0.15) is 49.9 Å². The topological polar surface area (TPSA) is 17.0 Å². The van der Waals surface area contributed by atoms with Crippen molar-refractivity contribution in [1.29, 1.82) is 0 Å². The van der Waals surface area contributed by atoms with E-state index in [4.69, 9.17) is 0 Å². The third-order valence-electron chi connectivity index (χ3n) is 6.47. The molecule has 0 unspecified atom stereocenters. The predicted octanol–water partition coefficient (Wildman–Crippen LogP) is 3.06. The molecule has 2 heteroatoms. The van der Waals surface area contributed by atoms with Crippen LogP contribution in [0, 0.1) is 17.8 Å². The molecule has 2 heterocycles. The number of fused-ring (bicyclic) bond motifs is 1. The monoisotopic (exact) mass is 256 g/mol. The molecule has 0 radical (unpaired) electrons. The van der Waals surface area contributed by atoms with Crippen molar-refractivity contribution >= 4 is 0 Å². The first-order valence-corrected chi connectivity index (χ1v) is 8.22. The number of hydrogen-bond donors (Lipinski definition) is 1. The first kappa shape index (κ1) is 11.0. The van der Waals surface area contributed by atoms with Crippen LogP contribution in [0.5, 0.6) is 0 Å². The van der Waals surface area contributed by atoms with Gasteiger partial charge in [0.25, 0.3) is 0 Å². The highest BCUT2D eigenvalue weighted by Crippen LogP contribution is 2.60. The Morgan fingerprint density at radius 2 is 1.68 bits per heavy atom. The summed E-state index contributed by atoms with van der Waals surface area (Å²) in [6.45, 7) is 3.42. The van der Waals surface area contributed by atoms with Gasteiger partial charge in [0.15, 0.2) is 0 Å². The van der Waals surface area contributed by atoms with Gasteiger partial charge in [0.2, 0.25) is 0 Å². The van der Waals surface area contributed by atoms with Gasteiger partial charge in [-0.25, -0.2) is 0 Å². The molecule has 0 spiro atoms. The Bertz CT molecular complexity index is 478. The number of aromatic nitrogens is 1. The van der Waals surface area contributed by atoms with E-state index < -0.39 is 0 Å². The van der Waals surface area contributed by atoms with Crippen molar-refractivity contribution in [3.63, 3.8) is 0 Å². The summed E-state index contributed by atoms with van der Waals surface area (Å²) in [4.78, 5) is 0. The summed E-state index contributed by atoms with van der Waals surface area (Å²) in [6.07, 6.45) is 9.14. The molecule has 6 rings (SSSR count). The van der Waals surface area contributed by atoms with Crippen LogP contribution in [0.3, 0.4) is 0 Å². The molecule has 0 atom stereocenters. The third-order valence-corrected chi connectivity index (χ3v) is 6.47. The second-order valence-electron chi connectivity index (χ2n) is 7.74. The Morgan fingerprint density at radius 1 is 1.00 bits per heavy atom. The van der Waals surface area contributed by atoms with Crippen LogP contribution in [-0.4, -0.2) is 11.1 Å². The molecule has 4 aliphatic carbocycles. The third kappa shape index (κ3) is 1.47. The molecule has 4 bridgehead atoms. The van der Waals surface area contributed by atoms with E-state index in [1.165, 1.54) is 31.5 Å². The van der Waals surface area contributed by atoms with E-state index in [1.807, 2.05) is 0 Å². The standard InChI is InChI=1S/C17H24N2/c1-2-16(19-4-3-18-11-15(1)19)17-8-12-5-13(9-17)7-14(6-12)10-17/h1-2,12-14,18H,3-11H2. The van der Waals surface area contributed by atoms with E-state index in [2.05, 4.69) is 22.0 Å². The van der Waals surface area contributed by atoms with Crippen LogP contribution in [0.15, 0.2) is 12.1 Å². The maximum Gasteiger partial charge on any atom is 0.0360 e. The lowest BCUT2D eigenvalue weighted by molar-refractivity contribution is -0.00904. The highest BCUT2D eigenvalue weighted by Gasteiger charge is 2.52. The minimum atomic E-state index is 0.574. The van der Waals surface area contributed by atoms with Crippen LogP contribution in [0.2, 0.25) is 0 Å². The Morgan fingerprint density at radius 3 is 2.37 bits per heavy atom. The molecule has 19 heavy (non-hydrogen) atoms. The van der Waals surface area contributed by atoms with Crippen molar-refractivity contribution < 1.29 is 0 Å². The molecule has 1 aromatic rings. The molecular formula is C17H24N2. The first-order chi connectivity index (χ1) is 9.32. The molecule has 5 aliphatic rings.